The standard InChI is InChI=1S/C23H24ClN7O3S/c1-30-11-15(10-27-30)28-22(32)18(8-16-3-2-6-34-16)29-23(33)20-5-4-17(35-20)12-31-13-26-21-19(31)7-14(24)9-25-21/h4-5,7,9-11,13,16,18H,2-3,6,8,12H2,1H3,(H,28,32)(H,29,33)/t16?,18-/m0/s1. The number of pyridine rings is 1. The van der Waals surface area contributed by atoms with Crippen LogP contribution in [0.3, 0.4) is 0 Å². The van der Waals surface area contributed by atoms with Crippen molar-refractivity contribution in [3.8, 4) is 0 Å². The molecule has 4 aromatic heterocycles. The number of anilines is 1. The van der Waals surface area contributed by atoms with Crippen LogP contribution in [-0.2, 0) is 23.1 Å². The molecule has 12 heteroatoms. The Kier molecular flexibility index (Phi) is 6.80. The highest BCUT2D eigenvalue weighted by Crippen LogP contribution is 2.23. The van der Waals surface area contributed by atoms with Crippen LogP contribution in [0.15, 0.2) is 43.1 Å². The third-order valence-electron chi connectivity index (χ3n) is 5.77. The number of halogens is 1. The zero-order valence-electron chi connectivity index (χ0n) is 19.0. The molecule has 1 aliphatic heterocycles. The summed E-state index contributed by atoms with van der Waals surface area (Å²) in [6, 6.07) is 4.74. The van der Waals surface area contributed by atoms with Gasteiger partial charge in [0, 0.05) is 37.3 Å². The molecule has 1 aliphatic rings. The number of carbonyl (C=O) groups excluding carboxylic acids is 2. The lowest BCUT2D eigenvalue weighted by Gasteiger charge is -2.20. The predicted molar refractivity (Wildman–Crippen MR) is 133 cm³/mol. The maximum absolute atomic E-state index is 13.1. The summed E-state index contributed by atoms with van der Waals surface area (Å²) < 4.78 is 9.25. The van der Waals surface area contributed by atoms with Gasteiger partial charge in [-0.25, -0.2) is 9.97 Å². The van der Waals surface area contributed by atoms with Gasteiger partial charge in [0.05, 0.1) is 46.3 Å². The molecule has 0 aliphatic carbocycles. The third-order valence-corrected chi connectivity index (χ3v) is 7.05. The number of imidazole rings is 1. The second-order valence-corrected chi connectivity index (χ2v) is 10.0. The Morgan fingerprint density at radius 2 is 2.20 bits per heavy atom. The van der Waals surface area contributed by atoms with Gasteiger partial charge in [0.1, 0.15) is 6.04 Å². The number of amides is 2. The van der Waals surface area contributed by atoms with Crippen molar-refractivity contribution >= 4 is 51.6 Å². The van der Waals surface area contributed by atoms with Gasteiger partial charge in [-0.15, -0.1) is 11.3 Å². The first kappa shape index (κ1) is 23.5. The number of ether oxygens (including phenoxy) is 1. The molecule has 5 rings (SSSR count). The molecule has 0 aromatic carbocycles. The summed E-state index contributed by atoms with van der Waals surface area (Å²) in [6.07, 6.45) is 8.70. The van der Waals surface area contributed by atoms with Gasteiger partial charge in [0.15, 0.2) is 5.65 Å². The Hall–Kier alpha value is -3.28. The molecule has 1 saturated heterocycles. The highest BCUT2D eigenvalue weighted by Gasteiger charge is 2.28. The lowest BCUT2D eigenvalue weighted by molar-refractivity contribution is -0.118. The molecule has 2 atom stereocenters. The highest BCUT2D eigenvalue weighted by molar-refractivity contribution is 7.14. The van der Waals surface area contributed by atoms with E-state index in [0.29, 0.717) is 40.8 Å². The van der Waals surface area contributed by atoms with Crippen molar-refractivity contribution in [3.63, 3.8) is 0 Å². The van der Waals surface area contributed by atoms with Gasteiger partial charge in [-0.3, -0.25) is 14.3 Å². The van der Waals surface area contributed by atoms with Crippen molar-refractivity contribution in [2.45, 2.75) is 38.0 Å². The Bertz CT molecular complexity index is 1360. The van der Waals surface area contributed by atoms with E-state index in [-0.39, 0.29) is 17.9 Å². The minimum Gasteiger partial charge on any atom is -0.378 e. The summed E-state index contributed by atoms with van der Waals surface area (Å²) in [7, 11) is 1.77. The molecule has 0 bridgehead atoms. The number of nitrogens with zero attached hydrogens (tertiary/aromatic N) is 5. The molecule has 0 spiro atoms. The number of thiophene rings is 1. The van der Waals surface area contributed by atoms with Crippen LogP contribution < -0.4 is 10.6 Å². The molecule has 5 heterocycles. The van der Waals surface area contributed by atoms with Crippen molar-refractivity contribution in [2.75, 3.05) is 11.9 Å². The summed E-state index contributed by atoms with van der Waals surface area (Å²) in [4.78, 5) is 36.1. The Morgan fingerprint density at radius 3 is 2.97 bits per heavy atom. The van der Waals surface area contributed by atoms with Crippen molar-refractivity contribution in [1.29, 1.82) is 0 Å². The SMILES string of the molecule is Cn1cc(NC(=O)[C@H](CC2CCCO2)NC(=O)c2ccc(Cn3cnc4ncc(Cl)cc43)s2)cn1. The van der Waals surface area contributed by atoms with E-state index < -0.39 is 6.04 Å². The second kappa shape index (κ2) is 10.1. The molecule has 35 heavy (non-hydrogen) atoms. The smallest absolute Gasteiger partial charge is 0.262 e. The molecule has 10 nitrogen and oxygen atoms in total. The molecule has 2 N–H and O–H groups in total. The van der Waals surface area contributed by atoms with Crippen LogP contribution >= 0.6 is 22.9 Å². The van der Waals surface area contributed by atoms with Gasteiger partial charge in [0.2, 0.25) is 5.91 Å². The van der Waals surface area contributed by atoms with E-state index in [4.69, 9.17) is 16.3 Å². The van der Waals surface area contributed by atoms with Crippen LogP contribution in [0.4, 0.5) is 5.69 Å². The zero-order chi connectivity index (χ0) is 24.4. The van der Waals surface area contributed by atoms with E-state index >= 15 is 0 Å². The van der Waals surface area contributed by atoms with Crippen LogP contribution in [0, 0.1) is 0 Å². The number of hydrogen-bond acceptors (Lipinski definition) is 7. The van der Waals surface area contributed by atoms with Gasteiger partial charge in [-0.1, -0.05) is 11.6 Å². The Labute approximate surface area is 210 Å². The topological polar surface area (TPSA) is 116 Å². The van der Waals surface area contributed by atoms with Crippen LogP contribution in [0.2, 0.25) is 5.02 Å². The number of nitrogens with one attached hydrogen (secondary N) is 2. The van der Waals surface area contributed by atoms with E-state index in [0.717, 1.165) is 23.2 Å². The fourth-order valence-electron chi connectivity index (χ4n) is 4.07. The Morgan fingerprint density at radius 1 is 1.31 bits per heavy atom. The number of hydrogen-bond donors (Lipinski definition) is 2. The quantitative estimate of drug-likeness (QED) is 0.373. The van der Waals surface area contributed by atoms with E-state index in [1.807, 2.05) is 16.7 Å². The molecule has 4 aromatic rings. The minimum absolute atomic E-state index is 0.0613. The lowest BCUT2D eigenvalue weighted by atomic mass is 10.1. The molecule has 1 fully saturated rings. The first-order valence-corrected chi connectivity index (χ1v) is 12.4. The van der Waals surface area contributed by atoms with Crippen LogP contribution in [0.1, 0.15) is 33.8 Å². The minimum atomic E-state index is -0.734. The molecular weight excluding hydrogens is 490 g/mol. The van der Waals surface area contributed by atoms with E-state index in [1.54, 1.807) is 42.7 Å². The van der Waals surface area contributed by atoms with Gasteiger partial charge < -0.3 is 19.9 Å². The van der Waals surface area contributed by atoms with Crippen LogP contribution in [-0.4, -0.2) is 54.9 Å². The van der Waals surface area contributed by atoms with E-state index in [2.05, 4.69) is 25.7 Å². The summed E-state index contributed by atoms with van der Waals surface area (Å²) in [6.45, 7) is 1.20. The molecular formula is C23H24ClN7O3S. The van der Waals surface area contributed by atoms with Gasteiger partial charge >= 0.3 is 0 Å². The first-order chi connectivity index (χ1) is 16.9. The van der Waals surface area contributed by atoms with Crippen molar-refractivity contribution in [1.82, 2.24) is 29.6 Å². The molecule has 1 unspecified atom stereocenters. The van der Waals surface area contributed by atoms with Gasteiger partial charge in [-0.2, -0.15) is 5.10 Å². The third kappa shape index (κ3) is 5.53. The molecule has 0 radical (unpaired) electrons. The first-order valence-electron chi connectivity index (χ1n) is 11.2. The monoisotopic (exact) mass is 513 g/mol. The fourth-order valence-corrected chi connectivity index (χ4v) is 5.13. The molecule has 182 valence electrons. The maximum atomic E-state index is 13.1. The van der Waals surface area contributed by atoms with Crippen molar-refractivity contribution in [2.24, 2.45) is 7.05 Å². The summed E-state index contributed by atoms with van der Waals surface area (Å²) in [5, 5.41) is 10.3. The summed E-state index contributed by atoms with van der Waals surface area (Å²) in [5.74, 6) is -0.598. The lowest BCUT2D eigenvalue weighted by Crippen LogP contribution is -2.45. The fraction of sp³-hybridized carbons (Fsp3) is 0.348. The average Bonchev–Trinajstić information content (AvgIpc) is 3.63. The number of aryl methyl sites for hydroxylation is 1. The highest BCUT2D eigenvalue weighted by atomic mass is 35.5. The predicted octanol–water partition coefficient (Wildman–Crippen LogP) is 3.23. The number of aromatic nitrogens is 5. The normalized spacial score (nSPS) is 16.5. The second-order valence-electron chi connectivity index (χ2n) is 8.42. The summed E-state index contributed by atoms with van der Waals surface area (Å²) >= 11 is 7.45. The van der Waals surface area contributed by atoms with E-state index in [1.165, 1.54) is 11.3 Å². The van der Waals surface area contributed by atoms with Crippen LogP contribution in [0.25, 0.3) is 11.2 Å². The number of carbonyl (C=O) groups is 2. The largest absolute Gasteiger partial charge is 0.378 e. The van der Waals surface area contributed by atoms with Crippen LogP contribution in [0.5, 0.6) is 0 Å². The average molecular weight is 514 g/mol. The van der Waals surface area contributed by atoms with Crippen molar-refractivity contribution < 1.29 is 14.3 Å². The van der Waals surface area contributed by atoms with Crippen molar-refractivity contribution in [3.05, 3.63) is 57.9 Å². The van der Waals surface area contributed by atoms with Gasteiger partial charge in [0.25, 0.3) is 5.91 Å². The number of fused-ring (bicyclic) bond motifs is 1. The Balaban J connectivity index is 1.28. The molecule has 2 amide bonds. The number of rotatable bonds is 8. The van der Waals surface area contributed by atoms with Gasteiger partial charge in [-0.05, 0) is 31.0 Å². The van der Waals surface area contributed by atoms with E-state index in [9.17, 15) is 9.59 Å². The summed E-state index contributed by atoms with van der Waals surface area (Å²) in [5.41, 5.74) is 2.01. The zero-order valence-corrected chi connectivity index (χ0v) is 20.6. The maximum Gasteiger partial charge on any atom is 0.262 e. The molecule has 0 saturated carbocycles.